The van der Waals surface area contributed by atoms with Gasteiger partial charge in [-0.3, -0.25) is 15.2 Å². The fraction of sp³-hybridized carbons (Fsp3) is 0.273. The van der Waals surface area contributed by atoms with Gasteiger partial charge in [-0.15, -0.1) is 0 Å². The molecule has 0 saturated heterocycles. The van der Waals surface area contributed by atoms with Gasteiger partial charge in [0.25, 0.3) is 5.69 Å². The van der Waals surface area contributed by atoms with E-state index in [-0.39, 0.29) is 10.6 Å². The van der Waals surface area contributed by atoms with Crippen LogP contribution >= 0.6 is 0 Å². The molecule has 0 saturated carbocycles. The van der Waals surface area contributed by atoms with Gasteiger partial charge < -0.3 is 5.32 Å². The fourth-order valence-electron chi connectivity index (χ4n) is 1.62. The van der Waals surface area contributed by atoms with Crippen LogP contribution in [-0.2, 0) is 13.0 Å². The van der Waals surface area contributed by atoms with Crippen LogP contribution < -0.4 is 5.32 Å². The van der Waals surface area contributed by atoms with Crippen LogP contribution in [0.5, 0.6) is 0 Å². The predicted molar refractivity (Wildman–Crippen MR) is 64.9 cm³/mol. The van der Waals surface area contributed by atoms with E-state index in [2.05, 4.69) is 20.5 Å². The van der Waals surface area contributed by atoms with Gasteiger partial charge in [0, 0.05) is 31.1 Å². The Hall–Kier alpha value is -2.28. The van der Waals surface area contributed by atoms with Crippen LogP contribution in [0.15, 0.2) is 30.6 Å². The van der Waals surface area contributed by atoms with E-state index in [9.17, 15) is 10.1 Å². The first-order valence-electron chi connectivity index (χ1n) is 5.54. The maximum atomic E-state index is 10.8. The van der Waals surface area contributed by atoms with E-state index < -0.39 is 0 Å². The van der Waals surface area contributed by atoms with Crippen molar-refractivity contribution in [1.82, 2.24) is 20.5 Å². The van der Waals surface area contributed by atoms with E-state index in [0.717, 1.165) is 5.82 Å². The first kappa shape index (κ1) is 12.2. The summed E-state index contributed by atoms with van der Waals surface area (Å²) in [7, 11) is 0. The predicted octanol–water partition coefficient (Wildman–Crippen LogP) is 1.05. The van der Waals surface area contributed by atoms with Crippen molar-refractivity contribution in [3.8, 4) is 0 Å². The number of H-pyrrole nitrogens is 1. The van der Waals surface area contributed by atoms with Crippen molar-refractivity contribution in [2.75, 3.05) is 6.54 Å². The Morgan fingerprint density at radius 2 is 2.22 bits per heavy atom. The van der Waals surface area contributed by atoms with Crippen LogP contribution in [0, 0.1) is 10.1 Å². The van der Waals surface area contributed by atoms with Crippen LogP contribution in [0.1, 0.15) is 11.4 Å². The van der Waals surface area contributed by atoms with Gasteiger partial charge >= 0.3 is 0 Å². The molecule has 0 aliphatic heterocycles. The van der Waals surface area contributed by atoms with Gasteiger partial charge in [0.15, 0.2) is 0 Å². The topological polar surface area (TPSA) is 96.7 Å². The molecule has 2 aromatic rings. The maximum Gasteiger partial charge on any atom is 0.273 e. The average molecular weight is 247 g/mol. The summed E-state index contributed by atoms with van der Waals surface area (Å²) in [6.07, 6.45) is 2.16. The number of nitro groups is 1. The molecular formula is C11H13N5O2. The van der Waals surface area contributed by atoms with Crippen molar-refractivity contribution in [3.63, 3.8) is 0 Å². The van der Waals surface area contributed by atoms with Gasteiger partial charge in [0.1, 0.15) is 12.2 Å². The summed E-state index contributed by atoms with van der Waals surface area (Å²) in [6.45, 7) is 1.15. The highest BCUT2D eigenvalue weighted by atomic mass is 16.6. The van der Waals surface area contributed by atoms with Crippen LogP contribution in [0.2, 0.25) is 0 Å². The van der Waals surface area contributed by atoms with Gasteiger partial charge in [0.05, 0.1) is 4.92 Å². The molecule has 1 heterocycles. The molecule has 2 rings (SSSR count). The zero-order valence-corrected chi connectivity index (χ0v) is 9.67. The molecule has 1 aromatic carbocycles. The molecule has 0 fully saturated rings. The molecule has 0 radical (unpaired) electrons. The number of hydrogen-bond donors (Lipinski definition) is 2. The van der Waals surface area contributed by atoms with Crippen molar-refractivity contribution in [1.29, 1.82) is 0 Å². The Morgan fingerprint density at radius 3 is 2.94 bits per heavy atom. The van der Waals surface area contributed by atoms with Gasteiger partial charge in [-0.25, -0.2) is 4.98 Å². The van der Waals surface area contributed by atoms with Crippen LogP contribution in [0.3, 0.4) is 0 Å². The summed E-state index contributed by atoms with van der Waals surface area (Å²) in [5, 5.41) is 20.4. The summed E-state index contributed by atoms with van der Waals surface area (Å²) >= 11 is 0. The minimum Gasteiger partial charge on any atom is -0.312 e. The Labute approximate surface area is 103 Å². The third-order valence-electron chi connectivity index (χ3n) is 2.51. The van der Waals surface area contributed by atoms with E-state index in [1.807, 2.05) is 0 Å². The second kappa shape index (κ2) is 5.87. The lowest BCUT2D eigenvalue weighted by Gasteiger charge is -2.04. The second-order valence-corrected chi connectivity index (χ2v) is 3.74. The third kappa shape index (κ3) is 3.11. The highest BCUT2D eigenvalue weighted by Crippen LogP contribution is 2.16. The van der Waals surface area contributed by atoms with Crippen molar-refractivity contribution in [2.45, 2.75) is 13.0 Å². The van der Waals surface area contributed by atoms with E-state index in [4.69, 9.17) is 0 Å². The van der Waals surface area contributed by atoms with E-state index in [1.165, 1.54) is 12.4 Å². The Bertz CT molecular complexity index is 512. The molecule has 0 amide bonds. The SMILES string of the molecule is O=[N+]([O-])c1ccccc1CNCCc1ncn[nH]1. The van der Waals surface area contributed by atoms with Crippen LogP contribution in [0.4, 0.5) is 5.69 Å². The second-order valence-electron chi connectivity index (χ2n) is 3.74. The van der Waals surface area contributed by atoms with Crippen LogP contribution in [-0.4, -0.2) is 26.6 Å². The van der Waals surface area contributed by atoms with Crippen molar-refractivity contribution >= 4 is 5.69 Å². The molecule has 0 bridgehead atoms. The molecular weight excluding hydrogens is 234 g/mol. The van der Waals surface area contributed by atoms with Crippen molar-refractivity contribution < 1.29 is 4.92 Å². The lowest BCUT2D eigenvalue weighted by Crippen LogP contribution is -2.17. The lowest BCUT2D eigenvalue weighted by atomic mass is 10.2. The normalized spacial score (nSPS) is 10.4. The third-order valence-corrected chi connectivity index (χ3v) is 2.51. The van der Waals surface area contributed by atoms with Gasteiger partial charge in [-0.05, 0) is 0 Å². The summed E-state index contributed by atoms with van der Waals surface area (Å²) < 4.78 is 0. The minimum atomic E-state index is -0.368. The van der Waals surface area contributed by atoms with Crippen molar-refractivity contribution in [2.24, 2.45) is 0 Å². The number of aromatic nitrogens is 3. The smallest absolute Gasteiger partial charge is 0.273 e. The summed E-state index contributed by atoms with van der Waals surface area (Å²) in [6, 6.07) is 6.71. The van der Waals surface area contributed by atoms with Gasteiger partial charge in [-0.2, -0.15) is 5.10 Å². The van der Waals surface area contributed by atoms with Gasteiger partial charge in [0.2, 0.25) is 0 Å². The maximum absolute atomic E-state index is 10.8. The standard InChI is InChI=1S/C11H13N5O2/c17-16(18)10-4-2-1-3-9(10)7-12-6-5-11-13-8-14-15-11/h1-4,8,12H,5-7H2,(H,13,14,15). The van der Waals surface area contributed by atoms with E-state index >= 15 is 0 Å². The minimum absolute atomic E-state index is 0.143. The molecule has 2 N–H and O–H groups in total. The largest absolute Gasteiger partial charge is 0.312 e. The number of nitrogens with one attached hydrogen (secondary N) is 2. The number of para-hydroxylation sites is 1. The molecule has 0 aliphatic rings. The molecule has 18 heavy (non-hydrogen) atoms. The molecule has 94 valence electrons. The molecule has 0 unspecified atom stereocenters. The Morgan fingerprint density at radius 1 is 1.39 bits per heavy atom. The monoisotopic (exact) mass is 247 g/mol. The number of hydrogen-bond acceptors (Lipinski definition) is 5. The summed E-state index contributed by atoms with van der Waals surface area (Å²) in [4.78, 5) is 14.4. The van der Waals surface area contributed by atoms with E-state index in [0.29, 0.717) is 25.1 Å². The summed E-state index contributed by atoms with van der Waals surface area (Å²) in [5.74, 6) is 0.796. The molecule has 7 heteroatoms. The number of nitro benzene ring substituents is 1. The first-order valence-corrected chi connectivity index (χ1v) is 5.54. The molecule has 7 nitrogen and oxygen atoms in total. The Kier molecular flexibility index (Phi) is 3.98. The fourth-order valence-corrected chi connectivity index (χ4v) is 1.62. The first-order chi connectivity index (χ1) is 8.77. The van der Waals surface area contributed by atoms with Gasteiger partial charge in [-0.1, -0.05) is 18.2 Å². The molecule has 0 atom stereocenters. The van der Waals surface area contributed by atoms with Crippen molar-refractivity contribution in [3.05, 3.63) is 52.1 Å². The quantitative estimate of drug-likeness (QED) is 0.451. The number of rotatable bonds is 6. The van der Waals surface area contributed by atoms with Crippen LogP contribution in [0.25, 0.3) is 0 Å². The molecule has 1 aromatic heterocycles. The number of nitrogens with zero attached hydrogens (tertiary/aromatic N) is 3. The molecule has 0 aliphatic carbocycles. The highest BCUT2D eigenvalue weighted by Gasteiger charge is 2.11. The number of benzene rings is 1. The zero-order valence-electron chi connectivity index (χ0n) is 9.67. The summed E-state index contributed by atoms with van der Waals surface area (Å²) in [5.41, 5.74) is 0.824. The average Bonchev–Trinajstić information content (AvgIpc) is 2.88. The van der Waals surface area contributed by atoms with E-state index in [1.54, 1.807) is 18.2 Å². The highest BCUT2D eigenvalue weighted by molar-refractivity contribution is 5.39. The zero-order chi connectivity index (χ0) is 12.8. The Balaban J connectivity index is 1.85. The number of aromatic amines is 1. The lowest BCUT2D eigenvalue weighted by molar-refractivity contribution is -0.385. The molecule has 0 spiro atoms.